The smallest absolute Gasteiger partial charge is 0.257 e. The van der Waals surface area contributed by atoms with E-state index in [1.54, 1.807) is 18.2 Å². The summed E-state index contributed by atoms with van der Waals surface area (Å²) in [6.07, 6.45) is 0. The molecule has 5 rings (SSSR count). The van der Waals surface area contributed by atoms with Crippen LogP contribution in [0.15, 0.2) is 91.0 Å². The molecule has 29 heavy (non-hydrogen) atoms. The Morgan fingerprint density at radius 3 is 2.52 bits per heavy atom. The minimum absolute atomic E-state index is 0.216. The molecule has 1 amide bonds. The molecule has 0 spiro atoms. The number of carbonyl (C=O) groups excluding carboxylic acids is 1. The van der Waals surface area contributed by atoms with Gasteiger partial charge in [-0.3, -0.25) is 10.1 Å². The molecule has 0 fully saturated rings. The van der Waals surface area contributed by atoms with Gasteiger partial charge < -0.3 is 4.74 Å². The van der Waals surface area contributed by atoms with Gasteiger partial charge in [-0.05, 0) is 41.8 Å². The molecule has 0 unspecified atom stereocenters. The zero-order valence-electron chi connectivity index (χ0n) is 15.3. The Bertz CT molecular complexity index is 1330. The summed E-state index contributed by atoms with van der Waals surface area (Å²) >= 11 is 1.47. The molecule has 0 bridgehead atoms. The number of thiazole rings is 1. The third kappa shape index (κ3) is 3.56. The van der Waals surface area contributed by atoms with Crippen molar-refractivity contribution in [1.82, 2.24) is 4.98 Å². The second-order valence-electron chi connectivity index (χ2n) is 6.55. The Morgan fingerprint density at radius 1 is 0.828 bits per heavy atom. The third-order valence-corrected chi connectivity index (χ3v) is 5.52. The van der Waals surface area contributed by atoms with Crippen LogP contribution in [0, 0.1) is 0 Å². The van der Waals surface area contributed by atoms with Crippen molar-refractivity contribution in [3.05, 3.63) is 96.6 Å². The van der Waals surface area contributed by atoms with Crippen LogP contribution in [0.5, 0.6) is 11.5 Å². The summed E-state index contributed by atoms with van der Waals surface area (Å²) in [7, 11) is 0. The van der Waals surface area contributed by atoms with Gasteiger partial charge in [-0.25, -0.2) is 4.98 Å². The summed E-state index contributed by atoms with van der Waals surface area (Å²) in [5, 5.41) is 5.71. The standard InChI is InChI=1S/C24H16N2O2S/c27-23(17-8-6-11-19(15-17)28-18-9-2-1-3-10-18)26-24-25-22-20-12-5-4-7-16(20)13-14-21(22)29-24/h1-15H,(H,25,26,27). The maximum absolute atomic E-state index is 12.8. The predicted molar refractivity (Wildman–Crippen MR) is 118 cm³/mol. The van der Waals surface area contributed by atoms with Crippen LogP contribution in [0.4, 0.5) is 5.13 Å². The van der Waals surface area contributed by atoms with Gasteiger partial charge in [0.1, 0.15) is 11.5 Å². The van der Waals surface area contributed by atoms with E-state index in [2.05, 4.69) is 22.4 Å². The second-order valence-corrected chi connectivity index (χ2v) is 7.58. The molecule has 1 heterocycles. The lowest BCUT2D eigenvalue weighted by atomic mass is 10.1. The van der Waals surface area contributed by atoms with E-state index in [9.17, 15) is 4.79 Å². The molecule has 4 nitrogen and oxygen atoms in total. The van der Waals surface area contributed by atoms with Crippen LogP contribution in [0.2, 0.25) is 0 Å². The number of aromatic nitrogens is 1. The summed E-state index contributed by atoms with van der Waals surface area (Å²) in [5.74, 6) is 1.12. The van der Waals surface area contributed by atoms with Gasteiger partial charge in [0, 0.05) is 10.9 Å². The number of hydrogen-bond donors (Lipinski definition) is 1. The summed E-state index contributed by atoms with van der Waals surface area (Å²) in [6.45, 7) is 0. The first-order valence-electron chi connectivity index (χ1n) is 9.19. The largest absolute Gasteiger partial charge is 0.457 e. The first kappa shape index (κ1) is 17.4. The van der Waals surface area contributed by atoms with Gasteiger partial charge in [0.15, 0.2) is 5.13 Å². The number of benzene rings is 4. The minimum Gasteiger partial charge on any atom is -0.457 e. The summed E-state index contributed by atoms with van der Waals surface area (Å²) < 4.78 is 6.86. The van der Waals surface area contributed by atoms with Crippen LogP contribution in [0.25, 0.3) is 21.0 Å². The molecular weight excluding hydrogens is 380 g/mol. The lowest BCUT2D eigenvalue weighted by molar-refractivity contribution is 0.102. The van der Waals surface area contributed by atoms with Crippen molar-refractivity contribution in [2.75, 3.05) is 5.32 Å². The highest BCUT2D eigenvalue weighted by molar-refractivity contribution is 7.22. The van der Waals surface area contributed by atoms with Crippen molar-refractivity contribution in [2.24, 2.45) is 0 Å². The van der Waals surface area contributed by atoms with Crippen molar-refractivity contribution >= 4 is 43.4 Å². The molecule has 0 saturated heterocycles. The zero-order chi connectivity index (χ0) is 19.6. The van der Waals surface area contributed by atoms with Gasteiger partial charge in [-0.1, -0.05) is 65.9 Å². The monoisotopic (exact) mass is 396 g/mol. The number of fused-ring (bicyclic) bond motifs is 3. The molecule has 0 atom stereocenters. The van der Waals surface area contributed by atoms with E-state index in [1.807, 2.05) is 60.7 Å². The van der Waals surface area contributed by atoms with Gasteiger partial charge in [0.25, 0.3) is 5.91 Å². The molecule has 0 aliphatic heterocycles. The number of nitrogens with zero attached hydrogens (tertiary/aromatic N) is 1. The Kier molecular flexibility index (Phi) is 4.42. The molecule has 4 aromatic carbocycles. The third-order valence-electron chi connectivity index (χ3n) is 4.58. The van der Waals surface area contributed by atoms with E-state index in [0.29, 0.717) is 16.4 Å². The van der Waals surface area contributed by atoms with Crippen LogP contribution in [-0.4, -0.2) is 10.9 Å². The first-order chi connectivity index (χ1) is 14.3. The maximum atomic E-state index is 12.8. The Hall–Kier alpha value is -3.70. The summed E-state index contributed by atoms with van der Waals surface area (Å²) in [5.41, 5.74) is 1.42. The van der Waals surface area contributed by atoms with Crippen LogP contribution in [-0.2, 0) is 0 Å². The highest BCUT2D eigenvalue weighted by Crippen LogP contribution is 2.32. The molecule has 0 aliphatic carbocycles. The predicted octanol–water partition coefficient (Wildman–Crippen LogP) is 6.49. The van der Waals surface area contributed by atoms with Gasteiger partial charge in [-0.15, -0.1) is 0 Å². The van der Waals surface area contributed by atoms with Crippen LogP contribution >= 0.6 is 11.3 Å². The number of para-hydroxylation sites is 1. The topological polar surface area (TPSA) is 51.2 Å². The van der Waals surface area contributed by atoms with Crippen molar-refractivity contribution in [2.45, 2.75) is 0 Å². The molecular formula is C24H16N2O2S. The molecule has 0 saturated carbocycles. The average molecular weight is 396 g/mol. The second kappa shape index (κ2) is 7.37. The number of anilines is 1. The van der Waals surface area contributed by atoms with Crippen LogP contribution in [0.3, 0.4) is 0 Å². The van der Waals surface area contributed by atoms with Gasteiger partial charge in [0.05, 0.1) is 10.2 Å². The van der Waals surface area contributed by atoms with E-state index in [0.717, 1.165) is 26.7 Å². The molecule has 140 valence electrons. The van der Waals surface area contributed by atoms with Gasteiger partial charge in [-0.2, -0.15) is 0 Å². The molecule has 1 N–H and O–H groups in total. The lowest BCUT2D eigenvalue weighted by Gasteiger charge is -2.07. The average Bonchev–Trinajstić information content (AvgIpc) is 3.18. The molecule has 5 aromatic rings. The molecule has 0 radical (unpaired) electrons. The van der Waals surface area contributed by atoms with Crippen molar-refractivity contribution in [3.8, 4) is 11.5 Å². The fourth-order valence-corrected chi connectivity index (χ4v) is 4.09. The number of carbonyl (C=O) groups is 1. The molecule has 1 aromatic heterocycles. The van der Waals surface area contributed by atoms with Gasteiger partial charge in [0.2, 0.25) is 0 Å². The quantitative estimate of drug-likeness (QED) is 0.377. The van der Waals surface area contributed by atoms with E-state index >= 15 is 0 Å². The molecule has 0 aliphatic rings. The van der Waals surface area contributed by atoms with E-state index in [4.69, 9.17) is 4.74 Å². The normalized spacial score (nSPS) is 10.9. The highest BCUT2D eigenvalue weighted by atomic mass is 32.1. The van der Waals surface area contributed by atoms with Gasteiger partial charge >= 0.3 is 0 Å². The summed E-state index contributed by atoms with van der Waals surface area (Å²) in [4.78, 5) is 17.4. The van der Waals surface area contributed by atoms with Crippen LogP contribution in [0.1, 0.15) is 10.4 Å². The number of ether oxygens (including phenoxy) is 1. The Labute approximate surface area is 171 Å². The molecule has 5 heteroatoms. The SMILES string of the molecule is O=C(Nc1nc2c(ccc3ccccc32)s1)c1cccc(Oc2ccccc2)c1. The van der Waals surface area contributed by atoms with Crippen molar-refractivity contribution in [1.29, 1.82) is 0 Å². The summed E-state index contributed by atoms with van der Waals surface area (Å²) in [6, 6.07) is 28.8. The number of nitrogens with one attached hydrogen (secondary N) is 1. The number of amides is 1. The Morgan fingerprint density at radius 2 is 1.62 bits per heavy atom. The van der Waals surface area contributed by atoms with E-state index < -0.39 is 0 Å². The highest BCUT2D eigenvalue weighted by Gasteiger charge is 2.12. The number of rotatable bonds is 4. The number of hydrogen-bond acceptors (Lipinski definition) is 4. The van der Waals surface area contributed by atoms with E-state index in [-0.39, 0.29) is 5.91 Å². The Balaban J connectivity index is 1.40. The lowest BCUT2D eigenvalue weighted by Crippen LogP contribution is -2.11. The van der Waals surface area contributed by atoms with Crippen molar-refractivity contribution in [3.63, 3.8) is 0 Å². The fraction of sp³-hybridized carbons (Fsp3) is 0. The van der Waals surface area contributed by atoms with E-state index in [1.165, 1.54) is 11.3 Å². The first-order valence-corrected chi connectivity index (χ1v) is 10.0. The van der Waals surface area contributed by atoms with Crippen LogP contribution < -0.4 is 10.1 Å². The fourth-order valence-electron chi connectivity index (χ4n) is 3.21. The maximum Gasteiger partial charge on any atom is 0.257 e. The van der Waals surface area contributed by atoms with Crippen molar-refractivity contribution < 1.29 is 9.53 Å². The zero-order valence-corrected chi connectivity index (χ0v) is 16.1. The minimum atomic E-state index is -0.216.